The van der Waals surface area contributed by atoms with Crippen molar-refractivity contribution in [2.24, 2.45) is 0 Å². The molecular weight excluding hydrogens is 238 g/mol. The SMILES string of the molecule is C1CCn2c(nnc2CN2CCC3CCC(C2)N3)C1. The lowest BCUT2D eigenvalue weighted by molar-refractivity contribution is 0.240. The van der Waals surface area contributed by atoms with E-state index in [4.69, 9.17) is 0 Å². The van der Waals surface area contributed by atoms with Gasteiger partial charge in [-0.3, -0.25) is 4.90 Å². The van der Waals surface area contributed by atoms with Gasteiger partial charge in [-0.2, -0.15) is 0 Å². The van der Waals surface area contributed by atoms with Gasteiger partial charge >= 0.3 is 0 Å². The summed E-state index contributed by atoms with van der Waals surface area (Å²) < 4.78 is 2.36. The Morgan fingerprint density at radius 3 is 3.00 bits per heavy atom. The van der Waals surface area contributed by atoms with Crippen LogP contribution in [-0.2, 0) is 19.5 Å². The third-order valence-electron chi connectivity index (χ3n) is 4.91. The van der Waals surface area contributed by atoms with Crippen LogP contribution in [0.5, 0.6) is 0 Å². The summed E-state index contributed by atoms with van der Waals surface area (Å²) in [6.45, 7) is 4.49. The van der Waals surface area contributed by atoms with E-state index in [1.807, 2.05) is 0 Å². The Labute approximate surface area is 114 Å². The van der Waals surface area contributed by atoms with Crippen molar-refractivity contribution in [3.8, 4) is 0 Å². The zero-order valence-corrected chi connectivity index (χ0v) is 11.5. The van der Waals surface area contributed by atoms with Crippen molar-refractivity contribution < 1.29 is 0 Å². The molecule has 0 aliphatic carbocycles. The van der Waals surface area contributed by atoms with Gasteiger partial charge in [0, 0.05) is 38.1 Å². The molecule has 104 valence electrons. The second-order valence-corrected chi connectivity index (χ2v) is 6.30. The highest BCUT2D eigenvalue weighted by atomic mass is 15.3. The van der Waals surface area contributed by atoms with Crippen molar-refractivity contribution in [3.63, 3.8) is 0 Å². The van der Waals surface area contributed by atoms with E-state index in [9.17, 15) is 0 Å². The molecule has 4 heterocycles. The summed E-state index contributed by atoms with van der Waals surface area (Å²) in [4.78, 5) is 2.57. The average molecular weight is 261 g/mol. The molecule has 1 N–H and O–H groups in total. The number of aryl methyl sites for hydroxylation is 1. The van der Waals surface area contributed by atoms with Gasteiger partial charge in [-0.15, -0.1) is 10.2 Å². The molecule has 4 rings (SSSR count). The zero-order valence-electron chi connectivity index (χ0n) is 11.5. The second-order valence-electron chi connectivity index (χ2n) is 6.30. The van der Waals surface area contributed by atoms with Crippen LogP contribution in [-0.4, -0.2) is 44.8 Å². The van der Waals surface area contributed by atoms with Crippen molar-refractivity contribution in [1.82, 2.24) is 25.0 Å². The van der Waals surface area contributed by atoms with Gasteiger partial charge in [-0.1, -0.05) is 0 Å². The molecule has 2 fully saturated rings. The van der Waals surface area contributed by atoms with Gasteiger partial charge in [0.25, 0.3) is 0 Å². The van der Waals surface area contributed by atoms with E-state index < -0.39 is 0 Å². The molecule has 2 atom stereocenters. The molecule has 2 saturated heterocycles. The monoisotopic (exact) mass is 261 g/mol. The van der Waals surface area contributed by atoms with Gasteiger partial charge in [0.15, 0.2) is 0 Å². The molecule has 0 radical (unpaired) electrons. The van der Waals surface area contributed by atoms with Crippen LogP contribution < -0.4 is 5.32 Å². The fraction of sp³-hybridized carbons (Fsp3) is 0.857. The topological polar surface area (TPSA) is 46.0 Å². The smallest absolute Gasteiger partial charge is 0.147 e. The number of hydrogen-bond acceptors (Lipinski definition) is 4. The number of rotatable bonds is 2. The average Bonchev–Trinajstić information content (AvgIpc) is 2.97. The minimum absolute atomic E-state index is 0.705. The molecular formula is C14H23N5. The standard InChI is InChI=1S/C14H23N5/c1-2-7-19-13(3-1)16-17-14(19)10-18-8-6-11-4-5-12(9-18)15-11/h11-12,15H,1-10H2. The molecule has 5 heteroatoms. The molecule has 3 aliphatic rings. The fourth-order valence-corrected chi connectivity index (χ4v) is 3.84. The number of nitrogens with zero attached hydrogens (tertiary/aromatic N) is 4. The summed E-state index contributed by atoms with van der Waals surface area (Å²) in [5, 5.41) is 12.5. The Hall–Kier alpha value is -0.940. The van der Waals surface area contributed by atoms with Crippen LogP contribution in [0.25, 0.3) is 0 Å². The van der Waals surface area contributed by atoms with Gasteiger partial charge in [0.2, 0.25) is 0 Å². The lowest BCUT2D eigenvalue weighted by Crippen LogP contribution is -2.35. The van der Waals surface area contributed by atoms with Gasteiger partial charge in [0.05, 0.1) is 6.54 Å². The fourth-order valence-electron chi connectivity index (χ4n) is 3.84. The maximum absolute atomic E-state index is 4.44. The molecule has 0 spiro atoms. The summed E-state index contributed by atoms with van der Waals surface area (Å²) in [7, 11) is 0. The highest BCUT2D eigenvalue weighted by Crippen LogP contribution is 2.22. The summed E-state index contributed by atoms with van der Waals surface area (Å²) in [6, 6.07) is 1.47. The Balaban J connectivity index is 1.47. The van der Waals surface area contributed by atoms with Crippen molar-refractivity contribution in [3.05, 3.63) is 11.6 Å². The molecule has 1 aromatic heterocycles. The van der Waals surface area contributed by atoms with E-state index in [2.05, 4.69) is 25.0 Å². The quantitative estimate of drug-likeness (QED) is 0.860. The lowest BCUT2D eigenvalue weighted by Gasteiger charge is -2.24. The van der Waals surface area contributed by atoms with E-state index in [0.717, 1.165) is 25.6 Å². The maximum Gasteiger partial charge on any atom is 0.147 e. The molecule has 0 saturated carbocycles. The summed E-state index contributed by atoms with van der Waals surface area (Å²) in [5.41, 5.74) is 0. The molecule has 2 unspecified atom stereocenters. The summed E-state index contributed by atoms with van der Waals surface area (Å²) >= 11 is 0. The first-order chi connectivity index (χ1) is 9.38. The van der Waals surface area contributed by atoms with Crippen molar-refractivity contribution in [2.75, 3.05) is 13.1 Å². The first kappa shape index (κ1) is 11.9. The minimum atomic E-state index is 0.705. The van der Waals surface area contributed by atoms with Crippen molar-refractivity contribution >= 4 is 0 Å². The molecule has 3 aliphatic heterocycles. The highest BCUT2D eigenvalue weighted by molar-refractivity contribution is 5.00. The molecule has 5 nitrogen and oxygen atoms in total. The molecule has 1 aromatic rings. The molecule has 19 heavy (non-hydrogen) atoms. The van der Waals surface area contributed by atoms with Crippen LogP contribution in [0.3, 0.4) is 0 Å². The number of nitrogens with one attached hydrogen (secondary N) is 1. The minimum Gasteiger partial charge on any atom is -0.314 e. The molecule has 0 amide bonds. The summed E-state index contributed by atoms with van der Waals surface area (Å²) in [5.74, 6) is 2.39. The predicted molar refractivity (Wildman–Crippen MR) is 72.8 cm³/mol. The normalized spacial score (nSPS) is 31.2. The van der Waals surface area contributed by atoms with Crippen LogP contribution in [0.4, 0.5) is 0 Å². The number of fused-ring (bicyclic) bond motifs is 3. The number of hydrogen-bond donors (Lipinski definition) is 1. The van der Waals surface area contributed by atoms with Gasteiger partial charge in [-0.05, 0) is 32.1 Å². The van der Waals surface area contributed by atoms with Gasteiger partial charge in [0.1, 0.15) is 11.6 Å². The third kappa shape index (κ3) is 2.30. The highest BCUT2D eigenvalue weighted by Gasteiger charge is 2.30. The zero-order chi connectivity index (χ0) is 12.7. The maximum atomic E-state index is 4.44. The van der Waals surface area contributed by atoms with Crippen LogP contribution in [0.15, 0.2) is 0 Å². The van der Waals surface area contributed by atoms with Crippen LogP contribution >= 0.6 is 0 Å². The van der Waals surface area contributed by atoms with E-state index >= 15 is 0 Å². The van der Waals surface area contributed by atoms with Crippen LogP contribution in [0.2, 0.25) is 0 Å². The summed E-state index contributed by atoms with van der Waals surface area (Å²) in [6.07, 6.45) is 7.68. The Bertz CT molecular complexity index is 455. The molecule has 0 aromatic carbocycles. The Morgan fingerprint density at radius 2 is 2.00 bits per heavy atom. The predicted octanol–water partition coefficient (Wildman–Crippen LogP) is 0.941. The van der Waals surface area contributed by atoms with Crippen LogP contribution in [0, 0.1) is 0 Å². The van der Waals surface area contributed by atoms with Crippen LogP contribution in [0.1, 0.15) is 43.8 Å². The third-order valence-corrected chi connectivity index (χ3v) is 4.91. The van der Waals surface area contributed by atoms with E-state index in [-0.39, 0.29) is 0 Å². The Morgan fingerprint density at radius 1 is 1.05 bits per heavy atom. The van der Waals surface area contributed by atoms with Gasteiger partial charge in [-0.25, -0.2) is 0 Å². The second kappa shape index (κ2) is 4.87. The van der Waals surface area contributed by atoms with E-state index in [0.29, 0.717) is 6.04 Å². The van der Waals surface area contributed by atoms with Gasteiger partial charge < -0.3 is 9.88 Å². The first-order valence-corrected chi connectivity index (χ1v) is 7.78. The number of aromatic nitrogens is 3. The number of likely N-dealkylation sites (tertiary alicyclic amines) is 1. The van der Waals surface area contributed by atoms with Crippen molar-refractivity contribution in [1.29, 1.82) is 0 Å². The van der Waals surface area contributed by atoms with E-state index in [1.165, 1.54) is 56.8 Å². The molecule has 2 bridgehead atoms. The van der Waals surface area contributed by atoms with E-state index in [1.54, 1.807) is 0 Å². The first-order valence-electron chi connectivity index (χ1n) is 7.78. The Kier molecular flexibility index (Phi) is 3.04. The largest absolute Gasteiger partial charge is 0.314 e. The lowest BCUT2D eigenvalue weighted by atomic mass is 10.1. The van der Waals surface area contributed by atoms with Crippen molar-refractivity contribution in [2.45, 2.75) is 63.7 Å².